The van der Waals surface area contributed by atoms with Crippen LogP contribution in [0.25, 0.3) is 0 Å². The molecule has 3 N–H and O–H groups in total. The fourth-order valence-electron chi connectivity index (χ4n) is 3.41. The highest BCUT2D eigenvalue weighted by Gasteiger charge is 2.34. The number of hydrogen-bond donors (Lipinski definition) is 2. The molecule has 1 aliphatic heterocycles. The zero-order valence-corrected chi connectivity index (χ0v) is 19.9. The average molecular weight is 458 g/mol. The van der Waals surface area contributed by atoms with Gasteiger partial charge in [0, 0.05) is 26.1 Å². The third-order valence-corrected chi connectivity index (χ3v) is 5.44. The molecule has 0 aromatic heterocycles. The molecule has 1 heterocycles. The van der Waals surface area contributed by atoms with Gasteiger partial charge in [-0.05, 0) is 44.7 Å². The molecule has 1 aromatic rings. The van der Waals surface area contributed by atoms with E-state index in [1.807, 2.05) is 44.2 Å². The Kier molecular flexibility index (Phi) is 9.16. The van der Waals surface area contributed by atoms with Crippen LogP contribution in [-0.4, -0.2) is 77.2 Å². The summed E-state index contributed by atoms with van der Waals surface area (Å²) in [6, 6.07) is 8.90. The lowest BCUT2D eigenvalue weighted by Gasteiger charge is -2.31. The Morgan fingerprint density at radius 1 is 1.21 bits per heavy atom. The Morgan fingerprint density at radius 2 is 1.88 bits per heavy atom. The number of nitrogens with two attached hydrogens (primary N) is 1. The molecule has 1 atom stereocenters. The zero-order chi connectivity index (χ0) is 24.6. The fraction of sp³-hybridized carbons (Fsp3) is 0.500. The summed E-state index contributed by atoms with van der Waals surface area (Å²) < 4.78 is 0. The third-order valence-electron chi connectivity index (χ3n) is 5.44. The van der Waals surface area contributed by atoms with Gasteiger partial charge in [0.1, 0.15) is 6.04 Å². The number of carbonyl (C=O) groups excluding carboxylic acids is 4. The van der Waals surface area contributed by atoms with E-state index in [9.17, 15) is 19.2 Å². The van der Waals surface area contributed by atoms with Gasteiger partial charge in [0.05, 0.1) is 13.1 Å². The van der Waals surface area contributed by atoms with Crippen molar-refractivity contribution in [2.75, 3.05) is 27.2 Å². The Labute approximate surface area is 195 Å². The lowest BCUT2D eigenvalue weighted by atomic mass is 10.0. The van der Waals surface area contributed by atoms with E-state index in [0.29, 0.717) is 19.3 Å². The molecule has 0 aliphatic carbocycles. The molecule has 1 aliphatic rings. The van der Waals surface area contributed by atoms with Gasteiger partial charge in [0.2, 0.25) is 17.7 Å². The maximum absolute atomic E-state index is 13.1. The van der Waals surface area contributed by atoms with Crippen molar-refractivity contribution in [3.63, 3.8) is 0 Å². The first kappa shape index (κ1) is 26.1. The van der Waals surface area contributed by atoms with E-state index in [4.69, 9.17) is 5.73 Å². The zero-order valence-electron chi connectivity index (χ0n) is 19.9. The van der Waals surface area contributed by atoms with Crippen LogP contribution < -0.4 is 11.2 Å². The van der Waals surface area contributed by atoms with Crippen LogP contribution in [0, 0.1) is 0 Å². The molecule has 1 aromatic carbocycles. The number of amides is 4. The number of nitrogens with one attached hydrogen (secondary N) is 1. The largest absolute Gasteiger partial charge is 0.333 e. The van der Waals surface area contributed by atoms with Gasteiger partial charge in [-0.2, -0.15) is 0 Å². The van der Waals surface area contributed by atoms with Crippen LogP contribution in [0.2, 0.25) is 0 Å². The van der Waals surface area contributed by atoms with Crippen LogP contribution in [0.5, 0.6) is 0 Å². The van der Waals surface area contributed by atoms with Crippen LogP contribution in [0.15, 0.2) is 42.5 Å². The van der Waals surface area contributed by atoms with E-state index in [-0.39, 0.29) is 43.1 Å². The highest BCUT2D eigenvalue weighted by molar-refractivity contribution is 5.94. The van der Waals surface area contributed by atoms with Crippen molar-refractivity contribution in [2.24, 2.45) is 5.73 Å². The minimum Gasteiger partial charge on any atom is -0.333 e. The summed E-state index contributed by atoms with van der Waals surface area (Å²) >= 11 is 0. The molecular weight excluding hydrogens is 422 g/mol. The molecule has 0 bridgehead atoms. The minimum absolute atomic E-state index is 0.173. The second-order valence-corrected chi connectivity index (χ2v) is 9.11. The molecule has 0 saturated carbocycles. The van der Waals surface area contributed by atoms with E-state index >= 15 is 0 Å². The van der Waals surface area contributed by atoms with Crippen molar-refractivity contribution < 1.29 is 19.2 Å². The highest BCUT2D eigenvalue weighted by atomic mass is 16.2. The normalized spacial score (nSPS) is 14.8. The number of nitrogens with zero attached hydrogens (tertiary/aromatic N) is 3. The molecule has 0 spiro atoms. The predicted molar refractivity (Wildman–Crippen MR) is 125 cm³/mol. The quantitative estimate of drug-likeness (QED) is 0.506. The van der Waals surface area contributed by atoms with Crippen LogP contribution >= 0.6 is 0 Å². The smallest absolute Gasteiger partial charge is 0.263 e. The number of rotatable bonds is 10. The standard InChI is InChI=1S/C24H35N5O4/c1-24(2,25)15-8-11-21(31)27(3)17-22(32)28(4)19(13-12-18-9-6-5-7-10-18)23(33)29-16-14-20(30)26-29/h5-11,19H,12-17,25H2,1-4H3,(H,26,30)/b11-8+. The SMILES string of the molecule is CN(CC(=O)N(C)C(CCc1ccccc1)C(=O)N1CCC(=O)N1)C(=O)/C=C/CC(C)(C)N. The maximum atomic E-state index is 13.1. The Morgan fingerprint density at radius 3 is 2.45 bits per heavy atom. The second kappa shape index (κ2) is 11.6. The Hall–Kier alpha value is -3.20. The molecule has 1 saturated heterocycles. The Bertz CT molecular complexity index is 879. The van der Waals surface area contributed by atoms with Gasteiger partial charge in [0.25, 0.3) is 5.91 Å². The van der Waals surface area contributed by atoms with Crippen LogP contribution in [0.3, 0.4) is 0 Å². The molecule has 1 fully saturated rings. The third kappa shape index (κ3) is 8.34. The molecule has 180 valence electrons. The number of likely N-dealkylation sites (N-methyl/N-ethyl adjacent to an activating group) is 2. The highest BCUT2D eigenvalue weighted by Crippen LogP contribution is 2.14. The van der Waals surface area contributed by atoms with E-state index in [2.05, 4.69) is 5.43 Å². The van der Waals surface area contributed by atoms with Crippen molar-refractivity contribution in [2.45, 2.75) is 51.1 Å². The summed E-state index contributed by atoms with van der Waals surface area (Å²) in [5, 5.41) is 1.27. The van der Waals surface area contributed by atoms with Gasteiger partial charge in [-0.15, -0.1) is 0 Å². The lowest BCUT2D eigenvalue weighted by Crippen LogP contribution is -2.53. The monoisotopic (exact) mass is 457 g/mol. The van der Waals surface area contributed by atoms with Gasteiger partial charge in [0.15, 0.2) is 0 Å². The molecule has 4 amide bonds. The topological polar surface area (TPSA) is 116 Å². The van der Waals surface area contributed by atoms with Crippen LogP contribution in [0.1, 0.15) is 38.7 Å². The fourth-order valence-corrected chi connectivity index (χ4v) is 3.41. The lowest BCUT2D eigenvalue weighted by molar-refractivity contribution is -0.148. The van der Waals surface area contributed by atoms with Crippen molar-refractivity contribution in [3.05, 3.63) is 48.0 Å². The summed E-state index contributed by atoms with van der Waals surface area (Å²) in [5.74, 6) is -1.25. The summed E-state index contributed by atoms with van der Waals surface area (Å²) in [6.07, 6.45) is 4.83. The first-order valence-electron chi connectivity index (χ1n) is 11.1. The van der Waals surface area contributed by atoms with Crippen molar-refractivity contribution in [3.8, 4) is 0 Å². The van der Waals surface area contributed by atoms with Crippen molar-refractivity contribution in [1.29, 1.82) is 0 Å². The van der Waals surface area contributed by atoms with E-state index in [1.165, 1.54) is 27.9 Å². The summed E-state index contributed by atoms with van der Waals surface area (Å²) in [6.45, 7) is 3.81. The van der Waals surface area contributed by atoms with E-state index in [0.717, 1.165) is 5.56 Å². The number of hydrogen-bond acceptors (Lipinski definition) is 5. The van der Waals surface area contributed by atoms with Crippen LogP contribution in [-0.2, 0) is 25.6 Å². The molecule has 9 heteroatoms. The summed E-state index contributed by atoms with van der Waals surface area (Å²) in [5.41, 5.74) is 9.07. The maximum Gasteiger partial charge on any atom is 0.263 e. The number of hydrazine groups is 1. The van der Waals surface area contributed by atoms with Gasteiger partial charge in [-0.1, -0.05) is 36.4 Å². The van der Waals surface area contributed by atoms with Gasteiger partial charge in [-0.3, -0.25) is 29.6 Å². The van der Waals surface area contributed by atoms with Crippen LogP contribution in [0.4, 0.5) is 0 Å². The summed E-state index contributed by atoms with van der Waals surface area (Å²) in [4.78, 5) is 52.7. The van der Waals surface area contributed by atoms with Crippen molar-refractivity contribution >= 4 is 23.6 Å². The van der Waals surface area contributed by atoms with Crippen molar-refractivity contribution in [1.82, 2.24) is 20.2 Å². The molecule has 33 heavy (non-hydrogen) atoms. The Balaban J connectivity index is 2.05. The molecule has 9 nitrogen and oxygen atoms in total. The number of carbonyl (C=O) groups is 4. The molecular formula is C24H35N5O4. The second-order valence-electron chi connectivity index (χ2n) is 9.11. The van der Waals surface area contributed by atoms with Gasteiger partial charge >= 0.3 is 0 Å². The first-order valence-corrected chi connectivity index (χ1v) is 11.1. The molecule has 2 rings (SSSR count). The number of benzene rings is 1. The average Bonchev–Trinajstić information content (AvgIpc) is 3.19. The van der Waals surface area contributed by atoms with Gasteiger partial charge in [-0.25, -0.2) is 0 Å². The van der Waals surface area contributed by atoms with Gasteiger partial charge < -0.3 is 15.5 Å². The number of aryl methyl sites for hydroxylation is 1. The summed E-state index contributed by atoms with van der Waals surface area (Å²) in [7, 11) is 3.09. The first-order chi connectivity index (χ1) is 15.5. The van der Waals surface area contributed by atoms with E-state index in [1.54, 1.807) is 13.1 Å². The van der Waals surface area contributed by atoms with E-state index < -0.39 is 11.6 Å². The molecule has 1 unspecified atom stereocenters. The predicted octanol–water partition coefficient (Wildman–Crippen LogP) is 0.852. The molecule has 0 radical (unpaired) electrons. The minimum atomic E-state index is -0.770.